The van der Waals surface area contributed by atoms with Crippen LogP contribution in [-0.2, 0) is 9.47 Å². The van der Waals surface area contributed by atoms with Gasteiger partial charge in [-0.2, -0.15) is 0 Å². The summed E-state index contributed by atoms with van der Waals surface area (Å²) < 4.78 is 12.0. The smallest absolute Gasteiger partial charge is 0.0831 e. The highest BCUT2D eigenvalue weighted by Gasteiger charge is 2.15. The van der Waals surface area contributed by atoms with Crippen LogP contribution in [0.5, 0.6) is 0 Å². The van der Waals surface area contributed by atoms with E-state index in [1.54, 1.807) is 0 Å². The predicted molar refractivity (Wildman–Crippen MR) is 67.8 cm³/mol. The Hall–Kier alpha value is -0.580. The summed E-state index contributed by atoms with van der Waals surface area (Å²) in [5.41, 5.74) is 1.12. The molecule has 1 atom stereocenters. The molecule has 3 nitrogen and oxygen atoms in total. The molecule has 1 aliphatic rings. The minimum atomic E-state index is 0.298. The normalized spacial score (nSPS) is 19.9. The van der Waals surface area contributed by atoms with Crippen LogP contribution in [0.3, 0.4) is 0 Å². The molecule has 0 aliphatic carbocycles. The van der Waals surface area contributed by atoms with E-state index >= 15 is 0 Å². The van der Waals surface area contributed by atoms with Crippen molar-refractivity contribution >= 4 is 21.6 Å². The average molecular weight is 286 g/mol. The molecule has 0 saturated carbocycles. The van der Waals surface area contributed by atoms with E-state index in [0.29, 0.717) is 6.10 Å². The molecular formula is C12H16BrNO2. The number of nitrogens with one attached hydrogen (secondary N) is 1. The second-order valence-electron chi connectivity index (χ2n) is 3.79. The van der Waals surface area contributed by atoms with Crippen molar-refractivity contribution in [2.45, 2.75) is 12.5 Å². The number of hydrogen-bond donors (Lipinski definition) is 1. The molecule has 0 radical (unpaired) electrons. The first-order chi connectivity index (χ1) is 7.84. The highest BCUT2D eigenvalue weighted by molar-refractivity contribution is 9.10. The standard InChI is InChI=1S/C12H16BrNO2/c13-10-1-3-11(4-2-10)14-6-8-16-12-5-7-15-9-12/h1-4,12,14H,5-9H2. The maximum atomic E-state index is 5.65. The van der Waals surface area contributed by atoms with Crippen LogP contribution in [-0.4, -0.2) is 32.5 Å². The third-order valence-electron chi connectivity index (χ3n) is 2.52. The van der Waals surface area contributed by atoms with Crippen molar-refractivity contribution in [2.75, 3.05) is 31.7 Å². The van der Waals surface area contributed by atoms with Crippen LogP contribution in [0.2, 0.25) is 0 Å². The number of ether oxygens (including phenoxy) is 2. The first-order valence-electron chi connectivity index (χ1n) is 5.53. The van der Waals surface area contributed by atoms with Crippen LogP contribution < -0.4 is 5.32 Å². The summed E-state index contributed by atoms with van der Waals surface area (Å²) in [7, 11) is 0. The first-order valence-corrected chi connectivity index (χ1v) is 6.33. The van der Waals surface area contributed by atoms with Crippen LogP contribution in [0, 0.1) is 0 Å². The second-order valence-corrected chi connectivity index (χ2v) is 4.71. The summed E-state index contributed by atoms with van der Waals surface area (Å²) in [5, 5.41) is 3.31. The van der Waals surface area contributed by atoms with E-state index in [-0.39, 0.29) is 0 Å². The van der Waals surface area contributed by atoms with Crippen LogP contribution in [0.15, 0.2) is 28.7 Å². The maximum absolute atomic E-state index is 5.65. The van der Waals surface area contributed by atoms with Crippen molar-refractivity contribution in [1.82, 2.24) is 0 Å². The quantitative estimate of drug-likeness (QED) is 0.844. The van der Waals surface area contributed by atoms with Gasteiger partial charge >= 0.3 is 0 Å². The van der Waals surface area contributed by atoms with Gasteiger partial charge in [-0.1, -0.05) is 15.9 Å². The van der Waals surface area contributed by atoms with Gasteiger partial charge in [0.25, 0.3) is 0 Å². The van der Waals surface area contributed by atoms with Gasteiger partial charge in [-0.3, -0.25) is 0 Å². The third kappa shape index (κ3) is 3.77. The minimum absolute atomic E-state index is 0.298. The van der Waals surface area contributed by atoms with E-state index in [2.05, 4.69) is 21.2 Å². The highest BCUT2D eigenvalue weighted by Crippen LogP contribution is 2.14. The molecule has 1 aromatic rings. The zero-order chi connectivity index (χ0) is 11.2. The van der Waals surface area contributed by atoms with Crippen molar-refractivity contribution in [3.63, 3.8) is 0 Å². The van der Waals surface area contributed by atoms with Crippen molar-refractivity contribution in [3.8, 4) is 0 Å². The Kier molecular flexibility index (Phi) is 4.63. The molecule has 0 amide bonds. The summed E-state index contributed by atoms with van der Waals surface area (Å²) in [6, 6.07) is 8.13. The van der Waals surface area contributed by atoms with Gasteiger partial charge in [0.2, 0.25) is 0 Å². The molecule has 1 aliphatic heterocycles. The number of anilines is 1. The fourth-order valence-electron chi connectivity index (χ4n) is 1.63. The molecule has 88 valence electrons. The second kappa shape index (κ2) is 6.23. The Balaban J connectivity index is 1.62. The van der Waals surface area contributed by atoms with Gasteiger partial charge in [-0.15, -0.1) is 0 Å². The first kappa shape index (κ1) is 11.9. The molecule has 1 fully saturated rings. The fourth-order valence-corrected chi connectivity index (χ4v) is 1.90. The van der Waals surface area contributed by atoms with Crippen LogP contribution in [0.4, 0.5) is 5.69 Å². The van der Waals surface area contributed by atoms with E-state index in [1.807, 2.05) is 24.3 Å². The van der Waals surface area contributed by atoms with Gasteiger partial charge in [0.1, 0.15) is 0 Å². The minimum Gasteiger partial charge on any atom is -0.383 e. The molecule has 2 rings (SSSR count). The van der Waals surface area contributed by atoms with Gasteiger partial charge in [-0.05, 0) is 30.7 Å². The Morgan fingerprint density at radius 3 is 2.88 bits per heavy atom. The topological polar surface area (TPSA) is 30.5 Å². The van der Waals surface area contributed by atoms with Gasteiger partial charge in [-0.25, -0.2) is 0 Å². The fraction of sp³-hybridized carbons (Fsp3) is 0.500. The van der Waals surface area contributed by atoms with E-state index in [0.717, 1.165) is 42.9 Å². The number of hydrogen-bond acceptors (Lipinski definition) is 3. The van der Waals surface area contributed by atoms with Gasteiger partial charge in [0.05, 0.1) is 19.3 Å². The molecule has 0 spiro atoms. The zero-order valence-corrected chi connectivity index (χ0v) is 10.7. The van der Waals surface area contributed by atoms with Crippen LogP contribution in [0.25, 0.3) is 0 Å². The average Bonchev–Trinajstić information content (AvgIpc) is 2.80. The lowest BCUT2D eigenvalue weighted by Gasteiger charge is -2.11. The maximum Gasteiger partial charge on any atom is 0.0831 e. The molecule has 0 aromatic heterocycles. The number of rotatable bonds is 5. The summed E-state index contributed by atoms with van der Waals surface area (Å²) in [6.07, 6.45) is 1.32. The SMILES string of the molecule is Brc1ccc(NCCOC2CCOC2)cc1. The molecule has 1 N–H and O–H groups in total. The van der Waals surface area contributed by atoms with Crippen LogP contribution in [0.1, 0.15) is 6.42 Å². The molecule has 1 aromatic carbocycles. The molecular weight excluding hydrogens is 270 g/mol. The largest absolute Gasteiger partial charge is 0.383 e. The van der Waals surface area contributed by atoms with E-state index in [4.69, 9.17) is 9.47 Å². The molecule has 16 heavy (non-hydrogen) atoms. The summed E-state index contributed by atoms with van der Waals surface area (Å²) in [6.45, 7) is 3.14. The van der Waals surface area contributed by atoms with Crippen molar-refractivity contribution < 1.29 is 9.47 Å². The van der Waals surface area contributed by atoms with Crippen molar-refractivity contribution in [1.29, 1.82) is 0 Å². The number of halogens is 1. The van der Waals surface area contributed by atoms with Crippen molar-refractivity contribution in [3.05, 3.63) is 28.7 Å². The van der Waals surface area contributed by atoms with E-state index in [1.165, 1.54) is 0 Å². The van der Waals surface area contributed by atoms with E-state index in [9.17, 15) is 0 Å². The van der Waals surface area contributed by atoms with Gasteiger partial charge in [0.15, 0.2) is 0 Å². The van der Waals surface area contributed by atoms with Gasteiger partial charge in [0, 0.05) is 23.3 Å². The van der Waals surface area contributed by atoms with E-state index < -0.39 is 0 Å². The van der Waals surface area contributed by atoms with Crippen molar-refractivity contribution in [2.24, 2.45) is 0 Å². The zero-order valence-electron chi connectivity index (χ0n) is 9.12. The van der Waals surface area contributed by atoms with Gasteiger partial charge < -0.3 is 14.8 Å². The Labute approximate surface area is 104 Å². The molecule has 1 unspecified atom stereocenters. The lowest BCUT2D eigenvalue weighted by atomic mass is 10.3. The Morgan fingerprint density at radius 2 is 2.19 bits per heavy atom. The molecule has 0 bridgehead atoms. The third-order valence-corrected chi connectivity index (χ3v) is 3.05. The predicted octanol–water partition coefficient (Wildman–Crippen LogP) is 2.67. The summed E-state index contributed by atoms with van der Waals surface area (Å²) >= 11 is 3.41. The monoisotopic (exact) mass is 285 g/mol. The molecule has 1 heterocycles. The Morgan fingerprint density at radius 1 is 1.38 bits per heavy atom. The summed E-state index contributed by atoms with van der Waals surface area (Å²) in [5.74, 6) is 0. The van der Waals surface area contributed by atoms with Crippen LogP contribution >= 0.6 is 15.9 Å². The molecule has 4 heteroatoms. The highest BCUT2D eigenvalue weighted by atomic mass is 79.9. The number of benzene rings is 1. The summed E-state index contributed by atoms with van der Waals surface area (Å²) in [4.78, 5) is 0. The lowest BCUT2D eigenvalue weighted by Crippen LogP contribution is -2.17. The Bertz CT molecular complexity index is 309. The molecule has 1 saturated heterocycles. The lowest BCUT2D eigenvalue weighted by molar-refractivity contribution is 0.0489.